The van der Waals surface area contributed by atoms with Crippen LogP contribution in [-0.2, 0) is 4.79 Å². The van der Waals surface area contributed by atoms with E-state index in [4.69, 9.17) is 0 Å². The molecule has 2 heterocycles. The molecule has 1 atom stereocenters. The number of amides is 1. The van der Waals surface area contributed by atoms with E-state index in [2.05, 4.69) is 10.3 Å². The Hall–Kier alpha value is -1.42. The second-order valence-electron chi connectivity index (χ2n) is 4.13. The van der Waals surface area contributed by atoms with Gasteiger partial charge in [0.25, 0.3) is 0 Å². The summed E-state index contributed by atoms with van der Waals surface area (Å²) in [6, 6.07) is 5.60. The maximum atomic E-state index is 12.1. The van der Waals surface area contributed by atoms with Crippen molar-refractivity contribution < 1.29 is 4.79 Å². The standard InChI is InChI=1S/C12H17N3O/c1-15(11-6-2-3-8-14-11)12(16)10-5-4-7-13-9-10/h2-3,6,8,10,13H,4-5,7,9H2,1H3/t10-/m1/s1. The molecule has 1 aromatic rings. The van der Waals surface area contributed by atoms with Gasteiger partial charge in [0.2, 0.25) is 5.91 Å². The monoisotopic (exact) mass is 219 g/mol. The van der Waals surface area contributed by atoms with E-state index in [9.17, 15) is 4.79 Å². The summed E-state index contributed by atoms with van der Waals surface area (Å²) in [4.78, 5) is 18.0. The molecule has 0 aliphatic carbocycles. The average molecular weight is 219 g/mol. The second kappa shape index (κ2) is 5.07. The van der Waals surface area contributed by atoms with Crippen molar-refractivity contribution >= 4 is 11.7 Å². The first kappa shape index (κ1) is 11.1. The van der Waals surface area contributed by atoms with Gasteiger partial charge in [0, 0.05) is 19.8 Å². The van der Waals surface area contributed by atoms with Gasteiger partial charge < -0.3 is 5.32 Å². The van der Waals surface area contributed by atoms with E-state index in [-0.39, 0.29) is 11.8 Å². The number of nitrogens with zero attached hydrogens (tertiary/aromatic N) is 2. The zero-order chi connectivity index (χ0) is 11.4. The summed E-state index contributed by atoms with van der Waals surface area (Å²) in [5, 5.41) is 3.25. The molecular formula is C12H17N3O. The molecule has 0 bridgehead atoms. The Labute approximate surface area is 95.7 Å². The van der Waals surface area contributed by atoms with Crippen molar-refractivity contribution in [3.8, 4) is 0 Å². The van der Waals surface area contributed by atoms with Crippen LogP contribution in [0.2, 0.25) is 0 Å². The summed E-state index contributed by atoms with van der Waals surface area (Å²) in [7, 11) is 1.79. The Kier molecular flexibility index (Phi) is 3.51. The van der Waals surface area contributed by atoms with Gasteiger partial charge in [0.05, 0.1) is 5.92 Å². The average Bonchev–Trinajstić information content (AvgIpc) is 2.39. The van der Waals surface area contributed by atoms with Crippen LogP contribution in [0.4, 0.5) is 5.82 Å². The Morgan fingerprint density at radius 2 is 2.44 bits per heavy atom. The molecule has 1 saturated heterocycles. The summed E-state index contributed by atoms with van der Waals surface area (Å²) < 4.78 is 0. The first-order chi connectivity index (χ1) is 7.79. The van der Waals surface area contributed by atoms with Crippen molar-refractivity contribution in [2.24, 2.45) is 5.92 Å². The molecule has 4 nitrogen and oxygen atoms in total. The fourth-order valence-corrected chi connectivity index (χ4v) is 2.00. The topological polar surface area (TPSA) is 45.2 Å². The zero-order valence-corrected chi connectivity index (χ0v) is 9.52. The van der Waals surface area contributed by atoms with E-state index >= 15 is 0 Å². The molecule has 1 fully saturated rings. The minimum atomic E-state index is 0.0979. The molecule has 4 heteroatoms. The van der Waals surface area contributed by atoms with Gasteiger partial charge in [-0.05, 0) is 31.5 Å². The lowest BCUT2D eigenvalue weighted by Crippen LogP contribution is -2.41. The first-order valence-electron chi connectivity index (χ1n) is 5.68. The smallest absolute Gasteiger partial charge is 0.232 e. The lowest BCUT2D eigenvalue weighted by molar-refractivity contribution is -0.122. The number of carbonyl (C=O) groups is 1. The number of piperidine rings is 1. The van der Waals surface area contributed by atoms with Crippen molar-refractivity contribution in [1.82, 2.24) is 10.3 Å². The van der Waals surface area contributed by atoms with Crippen LogP contribution < -0.4 is 10.2 Å². The molecule has 1 amide bonds. The second-order valence-corrected chi connectivity index (χ2v) is 4.13. The number of carbonyl (C=O) groups excluding carboxylic acids is 1. The van der Waals surface area contributed by atoms with Crippen LogP contribution in [0.25, 0.3) is 0 Å². The molecule has 0 unspecified atom stereocenters. The van der Waals surface area contributed by atoms with Crippen molar-refractivity contribution in [1.29, 1.82) is 0 Å². The van der Waals surface area contributed by atoms with Crippen molar-refractivity contribution in [3.05, 3.63) is 24.4 Å². The number of hydrogen-bond acceptors (Lipinski definition) is 3. The number of anilines is 1. The molecule has 1 N–H and O–H groups in total. The Morgan fingerprint density at radius 1 is 1.56 bits per heavy atom. The molecule has 0 spiro atoms. The van der Waals surface area contributed by atoms with Gasteiger partial charge in [-0.2, -0.15) is 0 Å². The van der Waals surface area contributed by atoms with Crippen LogP contribution in [0, 0.1) is 5.92 Å². The first-order valence-corrected chi connectivity index (χ1v) is 5.68. The highest BCUT2D eigenvalue weighted by Crippen LogP contribution is 2.16. The number of aromatic nitrogens is 1. The molecule has 1 aliphatic rings. The van der Waals surface area contributed by atoms with Crippen LogP contribution in [-0.4, -0.2) is 31.0 Å². The summed E-state index contributed by atoms with van der Waals surface area (Å²) in [5.74, 6) is 0.977. The minimum absolute atomic E-state index is 0.0979. The molecule has 1 aliphatic heterocycles. The highest BCUT2D eigenvalue weighted by molar-refractivity contribution is 5.93. The highest BCUT2D eigenvalue weighted by atomic mass is 16.2. The number of nitrogens with one attached hydrogen (secondary N) is 1. The summed E-state index contributed by atoms with van der Waals surface area (Å²) in [5.41, 5.74) is 0. The third-order valence-corrected chi connectivity index (χ3v) is 2.97. The van der Waals surface area contributed by atoms with E-state index in [1.807, 2.05) is 18.2 Å². The predicted octanol–water partition coefficient (Wildman–Crippen LogP) is 1.04. The van der Waals surface area contributed by atoms with Gasteiger partial charge in [-0.15, -0.1) is 0 Å². The van der Waals surface area contributed by atoms with E-state index in [0.29, 0.717) is 0 Å². The predicted molar refractivity (Wildman–Crippen MR) is 63.2 cm³/mol. The van der Waals surface area contributed by atoms with Crippen molar-refractivity contribution in [2.45, 2.75) is 12.8 Å². The van der Waals surface area contributed by atoms with E-state index in [0.717, 1.165) is 31.7 Å². The third kappa shape index (κ3) is 2.39. The van der Waals surface area contributed by atoms with E-state index in [1.54, 1.807) is 18.1 Å². The van der Waals surface area contributed by atoms with Gasteiger partial charge in [0.1, 0.15) is 5.82 Å². The molecule has 0 radical (unpaired) electrons. The normalized spacial score (nSPS) is 20.4. The van der Waals surface area contributed by atoms with Gasteiger partial charge in [0.15, 0.2) is 0 Å². The molecule has 86 valence electrons. The van der Waals surface area contributed by atoms with Crippen LogP contribution in [0.15, 0.2) is 24.4 Å². The van der Waals surface area contributed by atoms with Gasteiger partial charge in [-0.25, -0.2) is 4.98 Å². The fourth-order valence-electron chi connectivity index (χ4n) is 2.00. The van der Waals surface area contributed by atoms with Crippen molar-refractivity contribution in [2.75, 3.05) is 25.0 Å². The largest absolute Gasteiger partial charge is 0.316 e. The highest BCUT2D eigenvalue weighted by Gasteiger charge is 2.24. The summed E-state index contributed by atoms with van der Waals surface area (Å²) in [6.07, 6.45) is 3.76. The summed E-state index contributed by atoms with van der Waals surface area (Å²) in [6.45, 7) is 1.81. The zero-order valence-electron chi connectivity index (χ0n) is 9.52. The van der Waals surface area contributed by atoms with Crippen molar-refractivity contribution in [3.63, 3.8) is 0 Å². The number of pyridine rings is 1. The number of hydrogen-bond donors (Lipinski definition) is 1. The Bertz CT molecular complexity index is 347. The lowest BCUT2D eigenvalue weighted by atomic mass is 9.98. The SMILES string of the molecule is CN(C(=O)[C@@H]1CCCNC1)c1ccccn1. The molecule has 16 heavy (non-hydrogen) atoms. The molecule has 0 aromatic carbocycles. The minimum Gasteiger partial charge on any atom is -0.316 e. The molecule has 1 aromatic heterocycles. The fraction of sp³-hybridized carbons (Fsp3) is 0.500. The Morgan fingerprint density at radius 3 is 3.06 bits per heavy atom. The van der Waals surface area contributed by atoms with E-state index < -0.39 is 0 Å². The maximum Gasteiger partial charge on any atom is 0.232 e. The molecule has 2 rings (SSSR count). The van der Waals surface area contributed by atoms with Gasteiger partial charge >= 0.3 is 0 Å². The van der Waals surface area contributed by atoms with E-state index in [1.165, 1.54) is 0 Å². The van der Waals surface area contributed by atoms with Crippen LogP contribution in [0.1, 0.15) is 12.8 Å². The molecule has 0 saturated carbocycles. The van der Waals surface area contributed by atoms with Gasteiger partial charge in [-0.3, -0.25) is 9.69 Å². The van der Waals surface area contributed by atoms with Crippen LogP contribution in [0.5, 0.6) is 0 Å². The third-order valence-electron chi connectivity index (χ3n) is 2.97. The van der Waals surface area contributed by atoms with Crippen LogP contribution >= 0.6 is 0 Å². The Balaban J connectivity index is 2.04. The quantitative estimate of drug-likeness (QED) is 0.808. The van der Waals surface area contributed by atoms with Crippen LogP contribution in [0.3, 0.4) is 0 Å². The van der Waals surface area contributed by atoms with Gasteiger partial charge in [-0.1, -0.05) is 6.07 Å². The summed E-state index contributed by atoms with van der Waals surface area (Å²) >= 11 is 0. The molecular weight excluding hydrogens is 202 g/mol. The lowest BCUT2D eigenvalue weighted by Gasteiger charge is -2.26. The number of rotatable bonds is 2. The maximum absolute atomic E-state index is 12.1.